The van der Waals surface area contributed by atoms with E-state index in [0.717, 1.165) is 83.3 Å². The number of hydrogen-bond acceptors (Lipinski definition) is 2. The highest BCUT2D eigenvalue weighted by molar-refractivity contribution is 6.20. The molecule has 15 aromatic rings. The molecule has 0 saturated heterocycles. The Balaban J connectivity index is 0.845. The van der Waals surface area contributed by atoms with Crippen molar-refractivity contribution in [2.75, 3.05) is 4.90 Å². The van der Waals surface area contributed by atoms with E-state index in [-0.39, 0.29) is 0 Å². The third kappa shape index (κ3) is 7.12. The van der Waals surface area contributed by atoms with Crippen molar-refractivity contribution < 1.29 is 4.42 Å². The molecule has 0 fully saturated rings. The van der Waals surface area contributed by atoms with Crippen molar-refractivity contribution in [1.29, 1.82) is 0 Å². The molecule has 3 nitrogen and oxygen atoms in total. The molecule has 0 aliphatic carbocycles. The van der Waals surface area contributed by atoms with E-state index in [9.17, 15) is 0 Å². The second-order valence-corrected chi connectivity index (χ2v) is 19.6. The minimum absolute atomic E-state index is 0.872. The number of furan rings is 1. The third-order valence-corrected chi connectivity index (χ3v) is 15.4. The number of rotatable bonds is 8. The van der Waals surface area contributed by atoms with Gasteiger partial charge in [0.05, 0.1) is 16.7 Å². The van der Waals surface area contributed by atoms with E-state index in [0.29, 0.717) is 0 Å². The summed E-state index contributed by atoms with van der Waals surface area (Å²) in [6.07, 6.45) is 0. The molecule has 15 rings (SSSR count). The third-order valence-electron chi connectivity index (χ3n) is 15.4. The van der Waals surface area contributed by atoms with Crippen LogP contribution in [0.1, 0.15) is 0 Å². The van der Waals surface area contributed by atoms with Gasteiger partial charge in [-0.15, -0.1) is 0 Å². The van der Waals surface area contributed by atoms with E-state index >= 15 is 0 Å². The van der Waals surface area contributed by atoms with E-state index in [4.69, 9.17) is 4.42 Å². The number of nitrogens with zero attached hydrogens (tertiary/aromatic N) is 2. The molecule has 2 heterocycles. The van der Waals surface area contributed by atoms with Crippen molar-refractivity contribution in [3.63, 3.8) is 0 Å². The van der Waals surface area contributed by atoms with Crippen molar-refractivity contribution >= 4 is 93.1 Å². The van der Waals surface area contributed by atoms with E-state index < -0.39 is 0 Å². The second kappa shape index (κ2) is 17.4. The lowest BCUT2D eigenvalue weighted by Gasteiger charge is -2.28. The fourth-order valence-electron chi connectivity index (χ4n) is 11.8. The minimum atomic E-state index is 0.872. The van der Waals surface area contributed by atoms with E-state index in [1.165, 1.54) is 60.0 Å². The van der Waals surface area contributed by atoms with Crippen LogP contribution in [0.2, 0.25) is 0 Å². The first-order valence-corrected chi connectivity index (χ1v) is 25.7. The highest BCUT2D eigenvalue weighted by Crippen LogP contribution is 2.46. The zero-order valence-electron chi connectivity index (χ0n) is 40.9. The molecule has 350 valence electrons. The Morgan fingerprint density at radius 3 is 1.51 bits per heavy atom. The fraction of sp³-hybridized carbons (Fsp3) is 0. The van der Waals surface area contributed by atoms with E-state index in [1.807, 2.05) is 0 Å². The molecule has 3 heteroatoms. The Morgan fingerprint density at radius 2 is 0.787 bits per heavy atom. The van der Waals surface area contributed by atoms with Crippen LogP contribution in [0.5, 0.6) is 0 Å². The van der Waals surface area contributed by atoms with Crippen LogP contribution < -0.4 is 4.90 Å². The van der Waals surface area contributed by atoms with E-state index in [1.54, 1.807) is 0 Å². The Labute approximate surface area is 434 Å². The molecule has 75 heavy (non-hydrogen) atoms. The number of anilines is 3. The number of aromatic nitrogens is 1. The largest absolute Gasteiger partial charge is 0.455 e. The van der Waals surface area contributed by atoms with Crippen LogP contribution in [0.4, 0.5) is 17.1 Å². The first-order valence-electron chi connectivity index (χ1n) is 25.7. The summed E-state index contributed by atoms with van der Waals surface area (Å²) in [7, 11) is 0. The summed E-state index contributed by atoms with van der Waals surface area (Å²) in [5, 5.41) is 12.1. The molecule has 0 aliphatic rings. The van der Waals surface area contributed by atoms with Gasteiger partial charge in [-0.3, -0.25) is 0 Å². The van der Waals surface area contributed by atoms with Crippen molar-refractivity contribution in [3.8, 4) is 50.2 Å². The highest BCUT2D eigenvalue weighted by Gasteiger charge is 2.22. The number of hydrogen-bond donors (Lipinski definition) is 0. The van der Waals surface area contributed by atoms with Gasteiger partial charge in [0.1, 0.15) is 11.2 Å². The van der Waals surface area contributed by atoms with Gasteiger partial charge in [0.2, 0.25) is 0 Å². The molecule has 2 aromatic heterocycles. The van der Waals surface area contributed by atoms with Crippen molar-refractivity contribution in [2.45, 2.75) is 0 Å². The number of fused-ring (bicyclic) bond motifs is 11. The van der Waals surface area contributed by atoms with Crippen LogP contribution in [0, 0.1) is 0 Å². The standard InChI is InChI=1S/C72H46N2O/c1-3-20-59-49(14-1)30-31-51-32-33-55(46-66(51)59)53-17-11-16-52(44-53)47-34-39-56(40-35-47)73(67-26-8-7-24-63(67)64-25-13-29-70-71(64)65-43-38-50-15-2-4-21-60(50)72(65)75-70)57-41-36-48(37-42-57)54-18-12-19-58(45-54)74-68-27-9-5-22-61(68)62-23-6-10-28-69(62)74/h1-46H. The van der Waals surface area contributed by atoms with Gasteiger partial charge >= 0.3 is 0 Å². The minimum Gasteiger partial charge on any atom is -0.455 e. The molecule has 0 radical (unpaired) electrons. The van der Waals surface area contributed by atoms with Gasteiger partial charge in [-0.2, -0.15) is 0 Å². The molecule has 0 unspecified atom stereocenters. The monoisotopic (exact) mass is 954 g/mol. The van der Waals surface area contributed by atoms with Crippen LogP contribution >= 0.6 is 0 Å². The summed E-state index contributed by atoms with van der Waals surface area (Å²) in [5.74, 6) is 0. The summed E-state index contributed by atoms with van der Waals surface area (Å²) >= 11 is 0. The summed E-state index contributed by atoms with van der Waals surface area (Å²) in [6, 6.07) is 101. The van der Waals surface area contributed by atoms with E-state index in [2.05, 4.69) is 289 Å². The summed E-state index contributed by atoms with van der Waals surface area (Å²) in [5.41, 5.74) is 17.7. The summed E-state index contributed by atoms with van der Waals surface area (Å²) in [6.45, 7) is 0. The van der Waals surface area contributed by atoms with Crippen molar-refractivity contribution in [1.82, 2.24) is 4.57 Å². The highest BCUT2D eigenvalue weighted by atomic mass is 16.3. The Hall–Kier alpha value is -9.96. The van der Waals surface area contributed by atoms with Gasteiger partial charge in [-0.1, -0.05) is 200 Å². The zero-order valence-corrected chi connectivity index (χ0v) is 40.9. The molecular weight excluding hydrogens is 909 g/mol. The van der Waals surface area contributed by atoms with Crippen molar-refractivity contribution in [2.24, 2.45) is 0 Å². The molecule has 0 aliphatic heterocycles. The lowest BCUT2D eigenvalue weighted by molar-refractivity contribution is 0.673. The van der Waals surface area contributed by atoms with Crippen LogP contribution in [-0.4, -0.2) is 4.57 Å². The predicted octanol–water partition coefficient (Wildman–Crippen LogP) is 20.3. The molecule has 0 N–H and O–H groups in total. The second-order valence-electron chi connectivity index (χ2n) is 19.6. The molecular formula is C72H46N2O. The van der Waals surface area contributed by atoms with Crippen LogP contribution in [0.25, 0.3) is 126 Å². The van der Waals surface area contributed by atoms with Crippen LogP contribution in [-0.2, 0) is 0 Å². The Bertz CT molecular complexity index is 4660. The zero-order chi connectivity index (χ0) is 49.4. The lowest BCUT2D eigenvalue weighted by atomic mass is 9.95. The average Bonchev–Trinajstić information content (AvgIpc) is 4.08. The molecule has 0 saturated carbocycles. The van der Waals surface area contributed by atoms with Gasteiger partial charge in [0, 0.05) is 49.6 Å². The lowest BCUT2D eigenvalue weighted by Crippen LogP contribution is -2.11. The van der Waals surface area contributed by atoms with Crippen LogP contribution in [0.3, 0.4) is 0 Å². The first kappa shape index (κ1) is 42.7. The molecule has 0 bridgehead atoms. The first-order chi connectivity index (χ1) is 37.2. The Kier molecular flexibility index (Phi) is 9.89. The maximum atomic E-state index is 6.74. The molecule has 13 aromatic carbocycles. The van der Waals surface area contributed by atoms with Gasteiger partial charge in [0.25, 0.3) is 0 Å². The topological polar surface area (TPSA) is 21.3 Å². The van der Waals surface area contributed by atoms with Gasteiger partial charge in [0.15, 0.2) is 0 Å². The SMILES string of the molecule is c1cc(-c2ccc(N(c3ccc(-c4cccc(-n5c6ccccc6c6ccccc65)c4)cc3)c3ccccc3-c3cccc4oc5c6ccccc6ccc5c34)cc2)cc(-c2ccc3ccc4ccccc4c3c2)c1. The Morgan fingerprint density at radius 1 is 0.293 bits per heavy atom. The smallest absolute Gasteiger partial charge is 0.143 e. The number of para-hydroxylation sites is 3. The van der Waals surface area contributed by atoms with Gasteiger partial charge in [-0.05, 0) is 145 Å². The van der Waals surface area contributed by atoms with Crippen molar-refractivity contribution in [3.05, 3.63) is 279 Å². The summed E-state index contributed by atoms with van der Waals surface area (Å²) < 4.78 is 9.13. The predicted molar refractivity (Wildman–Crippen MR) is 317 cm³/mol. The quantitative estimate of drug-likeness (QED) is 0.142. The molecule has 0 amide bonds. The maximum Gasteiger partial charge on any atom is 0.143 e. The normalized spacial score (nSPS) is 11.7. The van der Waals surface area contributed by atoms with Crippen LogP contribution in [0.15, 0.2) is 283 Å². The van der Waals surface area contributed by atoms with Gasteiger partial charge in [-0.25, -0.2) is 0 Å². The fourth-order valence-corrected chi connectivity index (χ4v) is 11.8. The average molecular weight is 955 g/mol. The summed E-state index contributed by atoms with van der Waals surface area (Å²) in [4.78, 5) is 2.41. The molecule has 0 spiro atoms. The number of benzene rings is 13. The molecule has 0 atom stereocenters. The van der Waals surface area contributed by atoms with Gasteiger partial charge < -0.3 is 13.9 Å². The maximum absolute atomic E-state index is 6.74.